The highest BCUT2D eigenvalue weighted by Gasteiger charge is 2.12. The molecule has 0 amide bonds. The molecule has 0 aliphatic carbocycles. The van der Waals surface area contributed by atoms with Gasteiger partial charge in [-0.25, -0.2) is 4.79 Å². The molecule has 0 saturated heterocycles. The van der Waals surface area contributed by atoms with Gasteiger partial charge in [0, 0.05) is 27.5 Å². The minimum Gasteiger partial charge on any atom is -0.454 e. The number of carbonyl (C=O) groups excluding carboxylic acids is 2. The summed E-state index contributed by atoms with van der Waals surface area (Å²) in [7, 11) is 0. The van der Waals surface area contributed by atoms with E-state index in [0.29, 0.717) is 15.1 Å². The van der Waals surface area contributed by atoms with E-state index < -0.39 is 5.97 Å². The van der Waals surface area contributed by atoms with Crippen LogP contribution in [0.25, 0.3) is 0 Å². The molecule has 0 atom stereocenters. The van der Waals surface area contributed by atoms with Crippen molar-refractivity contribution in [3.63, 3.8) is 0 Å². The van der Waals surface area contributed by atoms with Gasteiger partial charge in [0.1, 0.15) is 0 Å². The van der Waals surface area contributed by atoms with Gasteiger partial charge < -0.3 is 4.74 Å². The third-order valence-corrected chi connectivity index (χ3v) is 3.13. The Morgan fingerprint density at radius 2 is 1.85 bits per heavy atom. The minimum absolute atomic E-state index is 0.281. The topological polar surface area (TPSA) is 56.3 Å². The zero-order chi connectivity index (χ0) is 14.5. The fourth-order valence-electron chi connectivity index (χ4n) is 1.46. The van der Waals surface area contributed by atoms with Crippen molar-refractivity contribution < 1.29 is 14.3 Å². The largest absolute Gasteiger partial charge is 0.454 e. The van der Waals surface area contributed by atoms with E-state index in [2.05, 4.69) is 20.9 Å². The fourth-order valence-corrected chi connectivity index (χ4v) is 1.95. The molecular weight excluding hydrogens is 346 g/mol. The summed E-state index contributed by atoms with van der Waals surface area (Å²) in [5.41, 5.74) is 0.720. The first kappa shape index (κ1) is 14.7. The van der Waals surface area contributed by atoms with Crippen LogP contribution in [0.4, 0.5) is 0 Å². The van der Waals surface area contributed by atoms with Crippen LogP contribution in [0.15, 0.2) is 47.2 Å². The lowest BCUT2D eigenvalue weighted by atomic mass is 10.1. The van der Waals surface area contributed by atoms with Gasteiger partial charge in [0.15, 0.2) is 12.4 Å². The Kier molecular flexibility index (Phi) is 4.87. The Balaban J connectivity index is 1.96. The molecule has 0 N–H and O–H groups in total. The van der Waals surface area contributed by atoms with Gasteiger partial charge in [-0.2, -0.15) is 0 Å². The highest BCUT2D eigenvalue weighted by molar-refractivity contribution is 9.10. The molecule has 1 heterocycles. The molecule has 1 aromatic heterocycles. The maximum Gasteiger partial charge on any atom is 0.340 e. The number of hydrogen-bond acceptors (Lipinski definition) is 4. The standard InChI is InChI=1S/C14H9BrClNO3/c15-11-5-10(6-17-7-11)14(19)20-8-13(18)9-1-3-12(16)4-2-9/h1-7H,8H2. The van der Waals surface area contributed by atoms with Crippen LogP contribution in [0.1, 0.15) is 20.7 Å². The number of Topliss-reactive ketones (excluding diaryl/α,β-unsaturated/α-hetero) is 1. The number of hydrogen-bond donors (Lipinski definition) is 0. The molecule has 0 spiro atoms. The Bertz CT molecular complexity index is 643. The second kappa shape index (κ2) is 6.63. The number of ketones is 1. The van der Waals surface area contributed by atoms with E-state index in [-0.39, 0.29) is 18.0 Å². The van der Waals surface area contributed by atoms with Gasteiger partial charge >= 0.3 is 5.97 Å². The van der Waals surface area contributed by atoms with E-state index in [0.717, 1.165) is 0 Å². The second-order valence-electron chi connectivity index (χ2n) is 3.90. The number of rotatable bonds is 4. The summed E-state index contributed by atoms with van der Waals surface area (Å²) in [6.45, 7) is -0.326. The third kappa shape index (κ3) is 3.88. The lowest BCUT2D eigenvalue weighted by molar-refractivity contribution is 0.0474. The van der Waals surface area contributed by atoms with Gasteiger partial charge in [-0.05, 0) is 46.3 Å². The molecule has 0 aliphatic heterocycles. The summed E-state index contributed by atoms with van der Waals surface area (Å²) >= 11 is 8.93. The third-order valence-electron chi connectivity index (χ3n) is 2.44. The van der Waals surface area contributed by atoms with Crippen molar-refractivity contribution in [2.75, 3.05) is 6.61 Å². The second-order valence-corrected chi connectivity index (χ2v) is 5.25. The van der Waals surface area contributed by atoms with Crippen LogP contribution in [-0.4, -0.2) is 23.3 Å². The Labute approximate surface area is 128 Å². The van der Waals surface area contributed by atoms with Gasteiger partial charge in [0.05, 0.1) is 5.56 Å². The number of nitrogens with zero attached hydrogens (tertiary/aromatic N) is 1. The van der Waals surface area contributed by atoms with Crippen LogP contribution >= 0.6 is 27.5 Å². The summed E-state index contributed by atoms with van der Waals surface area (Å²) in [5, 5.41) is 0.541. The molecular formula is C14H9BrClNO3. The summed E-state index contributed by atoms with van der Waals surface area (Å²) in [6.07, 6.45) is 2.93. The molecule has 0 radical (unpaired) electrons. The summed E-state index contributed by atoms with van der Waals surface area (Å²) in [4.78, 5) is 27.4. The van der Waals surface area contributed by atoms with Gasteiger partial charge in [-0.1, -0.05) is 11.6 Å². The minimum atomic E-state index is -0.596. The zero-order valence-corrected chi connectivity index (χ0v) is 12.5. The number of carbonyl (C=O) groups is 2. The van der Waals surface area contributed by atoms with E-state index in [4.69, 9.17) is 16.3 Å². The summed E-state index contributed by atoms with van der Waals surface area (Å²) in [6, 6.07) is 7.95. The number of aromatic nitrogens is 1. The lowest BCUT2D eigenvalue weighted by Gasteiger charge is -2.04. The normalized spacial score (nSPS) is 10.1. The van der Waals surface area contributed by atoms with Crippen molar-refractivity contribution in [1.29, 1.82) is 0 Å². The highest BCUT2D eigenvalue weighted by atomic mass is 79.9. The number of ether oxygens (including phenoxy) is 1. The lowest BCUT2D eigenvalue weighted by Crippen LogP contribution is -2.14. The molecule has 6 heteroatoms. The molecule has 0 fully saturated rings. The van der Waals surface area contributed by atoms with Crippen LogP contribution in [-0.2, 0) is 4.74 Å². The summed E-state index contributed by atoms with van der Waals surface area (Å²) in [5.74, 6) is -0.890. The van der Waals surface area contributed by atoms with E-state index >= 15 is 0 Å². The fraction of sp³-hybridized carbons (Fsp3) is 0.0714. The van der Waals surface area contributed by atoms with E-state index in [1.165, 1.54) is 6.20 Å². The van der Waals surface area contributed by atoms with Crippen LogP contribution in [0.3, 0.4) is 0 Å². The van der Waals surface area contributed by atoms with Gasteiger partial charge in [-0.15, -0.1) is 0 Å². The highest BCUT2D eigenvalue weighted by Crippen LogP contribution is 2.12. The number of pyridine rings is 1. The molecule has 102 valence electrons. The SMILES string of the molecule is O=C(COC(=O)c1cncc(Br)c1)c1ccc(Cl)cc1. The van der Waals surface area contributed by atoms with Crippen molar-refractivity contribution in [1.82, 2.24) is 4.98 Å². The van der Waals surface area contributed by atoms with Crippen LogP contribution in [0, 0.1) is 0 Å². The Morgan fingerprint density at radius 1 is 1.15 bits per heavy atom. The maximum atomic E-state index is 11.8. The Hall–Kier alpha value is -1.72. The first-order valence-corrected chi connectivity index (χ1v) is 6.80. The smallest absolute Gasteiger partial charge is 0.340 e. The quantitative estimate of drug-likeness (QED) is 0.622. The van der Waals surface area contributed by atoms with Crippen molar-refractivity contribution in [3.05, 3.63) is 63.3 Å². The van der Waals surface area contributed by atoms with Crippen LogP contribution in [0.5, 0.6) is 0 Å². The first-order chi connectivity index (χ1) is 9.56. The predicted molar refractivity (Wildman–Crippen MR) is 78.0 cm³/mol. The first-order valence-electron chi connectivity index (χ1n) is 5.63. The van der Waals surface area contributed by atoms with E-state index in [1.807, 2.05) is 0 Å². The molecule has 0 saturated carbocycles. The zero-order valence-electron chi connectivity index (χ0n) is 10.2. The number of halogens is 2. The molecule has 0 unspecified atom stereocenters. The molecule has 20 heavy (non-hydrogen) atoms. The van der Waals surface area contributed by atoms with E-state index in [1.54, 1.807) is 36.5 Å². The number of esters is 1. The van der Waals surface area contributed by atoms with Gasteiger partial charge in [0.2, 0.25) is 0 Å². The van der Waals surface area contributed by atoms with Crippen molar-refractivity contribution >= 4 is 39.3 Å². The van der Waals surface area contributed by atoms with Gasteiger partial charge in [0.25, 0.3) is 0 Å². The van der Waals surface area contributed by atoms with Crippen LogP contribution in [0.2, 0.25) is 5.02 Å². The maximum absolute atomic E-state index is 11.8. The monoisotopic (exact) mass is 353 g/mol. The molecule has 1 aromatic carbocycles. The van der Waals surface area contributed by atoms with Crippen LogP contribution < -0.4 is 0 Å². The average molecular weight is 355 g/mol. The summed E-state index contributed by atoms with van der Waals surface area (Å²) < 4.78 is 5.61. The number of benzene rings is 1. The molecule has 2 aromatic rings. The van der Waals surface area contributed by atoms with Crippen molar-refractivity contribution in [2.24, 2.45) is 0 Å². The predicted octanol–water partition coefficient (Wildman–Crippen LogP) is 3.54. The molecule has 0 bridgehead atoms. The van der Waals surface area contributed by atoms with Crippen molar-refractivity contribution in [2.45, 2.75) is 0 Å². The van der Waals surface area contributed by atoms with Crippen molar-refractivity contribution in [3.8, 4) is 0 Å². The molecule has 0 aliphatic rings. The van der Waals surface area contributed by atoms with E-state index in [9.17, 15) is 9.59 Å². The van der Waals surface area contributed by atoms with Gasteiger partial charge in [-0.3, -0.25) is 9.78 Å². The average Bonchev–Trinajstić information content (AvgIpc) is 2.45. The molecule has 4 nitrogen and oxygen atoms in total. The Morgan fingerprint density at radius 3 is 2.50 bits per heavy atom. The molecule has 2 rings (SSSR count).